The first kappa shape index (κ1) is 8.89. The van der Waals surface area contributed by atoms with Crippen LogP contribution in [0.2, 0.25) is 0 Å². The number of aliphatic hydroxyl groups is 3. The SMILES string of the molecule is C[C@H]1OC([O])[C@@H](O)[C@@H](O)[C@@H]1O. The third-order valence-electron chi connectivity index (χ3n) is 1.81. The van der Waals surface area contributed by atoms with Gasteiger partial charge in [-0.1, -0.05) is 0 Å². The van der Waals surface area contributed by atoms with Crippen molar-refractivity contribution in [2.45, 2.75) is 37.6 Å². The van der Waals surface area contributed by atoms with Crippen LogP contribution in [0.3, 0.4) is 0 Å². The van der Waals surface area contributed by atoms with Gasteiger partial charge < -0.3 is 20.1 Å². The van der Waals surface area contributed by atoms with Crippen LogP contribution < -0.4 is 0 Å². The van der Waals surface area contributed by atoms with Crippen LogP contribution in [0.4, 0.5) is 0 Å². The molecule has 1 aliphatic rings. The van der Waals surface area contributed by atoms with Crippen molar-refractivity contribution >= 4 is 0 Å². The molecular formula is C6H11O5. The minimum atomic E-state index is -1.66. The quantitative estimate of drug-likeness (QED) is 0.395. The van der Waals surface area contributed by atoms with Crippen molar-refractivity contribution in [3.05, 3.63) is 0 Å². The van der Waals surface area contributed by atoms with Crippen LogP contribution in [0.15, 0.2) is 0 Å². The molecule has 5 atom stereocenters. The Kier molecular flexibility index (Phi) is 2.46. The zero-order valence-corrected chi connectivity index (χ0v) is 6.04. The number of hydrogen-bond acceptors (Lipinski definition) is 4. The highest BCUT2D eigenvalue weighted by atomic mass is 16.6. The molecule has 0 aromatic heterocycles. The van der Waals surface area contributed by atoms with Crippen LogP contribution >= 0.6 is 0 Å². The molecule has 1 unspecified atom stereocenters. The van der Waals surface area contributed by atoms with Crippen molar-refractivity contribution in [2.75, 3.05) is 0 Å². The summed E-state index contributed by atoms with van der Waals surface area (Å²) in [5.41, 5.74) is 0. The van der Waals surface area contributed by atoms with E-state index in [4.69, 9.17) is 15.3 Å². The molecular weight excluding hydrogens is 152 g/mol. The summed E-state index contributed by atoms with van der Waals surface area (Å²) in [5.74, 6) is 0. The molecule has 0 saturated carbocycles. The Morgan fingerprint density at radius 1 is 1.09 bits per heavy atom. The number of hydrogen-bond donors (Lipinski definition) is 3. The fourth-order valence-electron chi connectivity index (χ4n) is 1.01. The second-order valence-electron chi connectivity index (χ2n) is 2.68. The van der Waals surface area contributed by atoms with Crippen LogP contribution in [0.5, 0.6) is 0 Å². The average Bonchev–Trinajstić information content (AvgIpc) is 1.97. The van der Waals surface area contributed by atoms with Crippen LogP contribution in [-0.2, 0) is 9.84 Å². The van der Waals surface area contributed by atoms with Gasteiger partial charge in [0.25, 0.3) is 0 Å². The number of ether oxygens (including phenoxy) is 1. The van der Waals surface area contributed by atoms with Gasteiger partial charge >= 0.3 is 0 Å². The third-order valence-corrected chi connectivity index (χ3v) is 1.81. The molecule has 1 saturated heterocycles. The first-order chi connectivity index (χ1) is 5.04. The molecule has 0 spiro atoms. The lowest BCUT2D eigenvalue weighted by Crippen LogP contribution is -2.56. The summed E-state index contributed by atoms with van der Waals surface area (Å²) in [4.78, 5) is 0. The van der Waals surface area contributed by atoms with Gasteiger partial charge in [0.15, 0.2) is 0 Å². The van der Waals surface area contributed by atoms with E-state index in [1.807, 2.05) is 0 Å². The van der Waals surface area contributed by atoms with Gasteiger partial charge in [-0.15, -0.1) is 0 Å². The molecule has 11 heavy (non-hydrogen) atoms. The van der Waals surface area contributed by atoms with E-state index in [0.717, 1.165) is 0 Å². The highest BCUT2D eigenvalue weighted by Crippen LogP contribution is 2.19. The minimum absolute atomic E-state index is 0.726. The predicted octanol–water partition coefficient (Wildman–Crippen LogP) is -1.76. The van der Waals surface area contributed by atoms with Crippen molar-refractivity contribution in [1.82, 2.24) is 0 Å². The number of rotatable bonds is 0. The first-order valence-electron chi connectivity index (χ1n) is 3.39. The smallest absolute Gasteiger partial charge is 0.220 e. The van der Waals surface area contributed by atoms with Crippen molar-refractivity contribution in [3.63, 3.8) is 0 Å². The first-order valence-corrected chi connectivity index (χ1v) is 3.39. The van der Waals surface area contributed by atoms with E-state index in [1.165, 1.54) is 6.92 Å². The Morgan fingerprint density at radius 2 is 1.64 bits per heavy atom. The fourth-order valence-corrected chi connectivity index (χ4v) is 1.01. The van der Waals surface area contributed by atoms with Gasteiger partial charge in [-0.05, 0) is 6.92 Å². The van der Waals surface area contributed by atoms with Gasteiger partial charge in [0.05, 0.1) is 6.10 Å². The summed E-state index contributed by atoms with van der Waals surface area (Å²) >= 11 is 0. The van der Waals surface area contributed by atoms with Gasteiger partial charge in [-0.25, -0.2) is 0 Å². The second-order valence-corrected chi connectivity index (χ2v) is 2.68. The van der Waals surface area contributed by atoms with Crippen LogP contribution in [-0.4, -0.2) is 46.0 Å². The highest BCUT2D eigenvalue weighted by Gasteiger charge is 2.41. The second kappa shape index (κ2) is 3.04. The van der Waals surface area contributed by atoms with Crippen LogP contribution in [0.25, 0.3) is 0 Å². The molecule has 1 heterocycles. The molecule has 1 rings (SSSR count). The van der Waals surface area contributed by atoms with Gasteiger partial charge in [0.1, 0.15) is 18.3 Å². The van der Waals surface area contributed by atoms with Gasteiger partial charge in [0, 0.05) is 0 Å². The molecule has 0 aliphatic carbocycles. The third kappa shape index (κ3) is 1.52. The van der Waals surface area contributed by atoms with E-state index in [1.54, 1.807) is 0 Å². The van der Waals surface area contributed by atoms with E-state index >= 15 is 0 Å². The fraction of sp³-hybridized carbons (Fsp3) is 1.00. The Labute approximate surface area is 63.8 Å². The van der Waals surface area contributed by atoms with Crippen molar-refractivity contribution in [1.29, 1.82) is 0 Å². The lowest BCUT2D eigenvalue weighted by molar-refractivity contribution is -0.295. The van der Waals surface area contributed by atoms with E-state index in [9.17, 15) is 5.11 Å². The van der Waals surface area contributed by atoms with Gasteiger partial charge in [0.2, 0.25) is 6.29 Å². The maximum atomic E-state index is 10.7. The lowest BCUT2D eigenvalue weighted by Gasteiger charge is -2.35. The molecule has 0 aromatic rings. The highest BCUT2D eigenvalue weighted by molar-refractivity contribution is 4.85. The van der Waals surface area contributed by atoms with Crippen molar-refractivity contribution in [2.24, 2.45) is 0 Å². The maximum Gasteiger partial charge on any atom is 0.220 e. The normalized spacial score (nSPS) is 52.6. The summed E-state index contributed by atoms with van der Waals surface area (Å²) in [5, 5.41) is 37.7. The summed E-state index contributed by atoms with van der Waals surface area (Å²) in [6.07, 6.45) is -6.52. The maximum absolute atomic E-state index is 10.7. The zero-order chi connectivity index (χ0) is 8.59. The average molecular weight is 163 g/mol. The summed E-state index contributed by atoms with van der Waals surface area (Å²) in [7, 11) is 0. The molecule has 0 bridgehead atoms. The molecule has 5 heteroatoms. The van der Waals surface area contributed by atoms with E-state index in [-0.39, 0.29) is 0 Å². The van der Waals surface area contributed by atoms with Crippen molar-refractivity contribution in [3.8, 4) is 0 Å². The Hall–Kier alpha value is -0.200. The molecule has 1 aliphatic heterocycles. The molecule has 1 fully saturated rings. The topological polar surface area (TPSA) is 89.8 Å². The van der Waals surface area contributed by atoms with Gasteiger partial charge in [-0.3, -0.25) is 0 Å². The Balaban J connectivity index is 2.63. The minimum Gasteiger partial charge on any atom is -0.388 e. The predicted molar refractivity (Wildman–Crippen MR) is 33.0 cm³/mol. The molecule has 1 radical (unpaired) electrons. The Morgan fingerprint density at radius 3 is 2.18 bits per heavy atom. The summed E-state index contributed by atoms with van der Waals surface area (Å²) in [6.45, 7) is 1.46. The molecule has 0 aromatic carbocycles. The van der Waals surface area contributed by atoms with E-state index < -0.39 is 30.7 Å². The summed E-state index contributed by atoms with van der Waals surface area (Å²) in [6, 6.07) is 0. The standard InChI is InChI=1S/C6H11O5/c1-2-3(7)4(8)5(9)6(10)11-2/h2-9H,1H3/t2-,3-,4+,5+,6?/m1/s1. The monoisotopic (exact) mass is 163 g/mol. The van der Waals surface area contributed by atoms with Crippen LogP contribution in [0, 0.1) is 0 Å². The largest absolute Gasteiger partial charge is 0.388 e. The van der Waals surface area contributed by atoms with Gasteiger partial charge in [-0.2, -0.15) is 5.11 Å². The molecule has 65 valence electrons. The van der Waals surface area contributed by atoms with E-state index in [0.29, 0.717) is 0 Å². The lowest BCUT2D eigenvalue weighted by atomic mass is 10.0. The molecule has 3 N–H and O–H groups in total. The zero-order valence-electron chi connectivity index (χ0n) is 6.04. The Bertz CT molecular complexity index is 125. The van der Waals surface area contributed by atoms with Crippen molar-refractivity contribution < 1.29 is 25.2 Å². The molecule has 5 nitrogen and oxygen atoms in total. The van der Waals surface area contributed by atoms with Crippen LogP contribution in [0.1, 0.15) is 6.92 Å². The summed E-state index contributed by atoms with van der Waals surface area (Å²) < 4.78 is 4.57. The van der Waals surface area contributed by atoms with E-state index in [2.05, 4.69) is 4.74 Å². The molecule has 0 amide bonds. The number of aliphatic hydroxyl groups excluding tert-OH is 3.